The Kier molecular flexibility index (Phi) is 5.67. The topological polar surface area (TPSA) is 47.1 Å². The highest BCUT2D eigenvalue weighted by atomic mass is 16.5. The summed E-state index contributed by atoms with van der Waals surface area (Å²) in [7, 11) is 1.67. The summed E-state index contributed by atoms with van der Waals surface area (Å²) in [5.41, 5.74) is 3.68. The average Bonchev–Trinajstić information content (AvgIpc) is 2.82. The van der Waals surface area contributed by atoms with Gasteiger partial charge in [0.2, 0.25) is 0 Å². The molecule has 0 radical (unpaired) electrons. The third-order valence-corrected chi connectivity index (χ3v) is 3.66. The largest absolute Gasteiger partial charge is 0.497 e. The number of H-pyrrole nitrogens is 1. The zero-order chi connectivity index (χ0) is 15.1. The van der Waals surface area contributed by atoms with Crippen molar-refractivity contribution < 1.29 is 9.47 Å². The SMILES string of the molecule is COc1cccc(OCCCCCc2c(C)n[nH]c2C)c1. The van der Waals surface area contributed by atoms with Crippen LogP contribution in [0.5, 0.6) is 11.5 Å². The van der Waals surface area contributed by atoms with E-state index >= 15 is 0 Å². The molecule has 1 heterocycles. The molecule has 0 aliphatic carbocycles. The maximum atomic E-state index is 5.73. The zero-order valence-electron chi connectivity index (χ0n) is 13.1. The van der Waals surface area contributed by atoms with Crippen LogP contribution in [-0.4, -0.2) is 23.9 Å². The first-order valence-electron chi connectivity index (χ1n) is 7.48. The van der Waals surface area contributed by atoms with E-state index in [0.29, 0.717) is 0 Å². The Bertz CT molecular complexity index is 544. The first kappa shape index (κ1) is 15.4. The summed E-state index contributed by atoms with van der Waals surface area (Å²) < 4.78 is 10.9. The Balaban J connectivity index is 1.64. The van der Waals surface area contributed by atoms with Gasteiger partial charge in [-0.1, -0.05) is 6.07 Å². The predicted molar refractivity (Wildman–Crippen MR) is 84.1 cm³/mol. The highest BCUT2D eigenvalue weighted by molar-refractivity contribution is 5.32. The summed E-state index contributed by atoms with van der Waals surface area (Å²) in [6, 6.07) is 7.74. The lowest BCUT2D eigenvalue weighted by Gasteiger charge is -2.07. The average molecular weight is 288 g/mol. The fourth-order valence-electron chi connectivity index (χ4n) is 2.40. The minimum absolute atomic E-state index is 0.747. The van der Waals surface area contributed by atoms with Crippen LogP contribution >= 0.6 is 0 Å². The van der Waals surface area contributed by atoms with E-state index < -0.39 is 0 Å². The van der Waals surface area contributed by atoms with Gasteiger partial charge in [0.05, 0.1) is 19.4 Å². The summed E-state index contributed by atoms with van der Waals surface area (Å²) in [6.07, 6.45) is 4.48. The second kappa shape index (κ2) is 7.72. The Hall–Kier alpha value is -1.97. The smallest absolute Gasteiger partial charge is 0.122 e. The molecule has 4 heteroatoms. The van der Waals surface area contributed by atoms with E-state index in [-0.39, 0.29) is 0 Å². The van der Waals surface area contributed by atoms with Gasteiger partial charge in [-0.05, 0) is 57.2 Å². The number of nitrogens with one attached hydrogen (secondary N) is 1. The number of benzene rings is 1. The van der Waals surface area contributed by atoms with Crippen LogP contribution in [0.25, 0.3) is 0 Å². The van der Waals surface area contributed by atoms with Crippen LogP contribution in [0.1, 0.15) is 36.2 Å². The number of hydrogen-bond donors (Lipinski definition) is 1. The number of nitrogens with zero attached hydrogens (tertiary/aromatic N) is 1. The molecule has 0 bridgehead atoms. The molecule has 0 saturated heterocycles. The van der Waals surface area contributed by atoms with Crippen LogP contribution in [-0.2, 0) is 6.42 Å². The second-order valence-electron chi connectivity index (χ2n) is 5.25. The van der Waals surface area contributed by atoms with Crippen molar-refractivity contribution in [3.63, 3.8) is 0 Å². The molecule has 0 fully saturated rings. The number of ether oxygens (including phenoxy) is 2. The fourth-order valence-corrected chi connectivity index (χ4v) is 2.40. The Morgan fingerprint density at radius 3 is 2.62 bits per heavy atom. The van der Waals surface area contributed by atoms with Crippen molar-refractivity contribution in [3.05, 3.63) is 41.2 Å². The van der Waals surface area contributed by atoms with Crippen molar-refractivity contribution in [2.45, 2.75) is 39.5 Å². The van der Waals surface area contributed by atoms with E-state index in [1.807, 2.05) is 24.3 Å². The molecule has 2 aromatic rings. The maximum Gasteiger partial charge on any atom is 0.122 e. The summed E-state index contributed by atoms with van der Waals surface area (Å²) in [4.78, 5) is 0. The van der Waals surface area contributed by atoms with Gasteiger partial charge in [0.25, 0.3) is 0 Å². The van der Waals surface area contributed by atoms with Gasteiger partial charge in [0.1, 0.15) is 11.5 Å². The van der Waals surface area contributed by atoms with E-state index in [1.54, 1.807) is 7.11 Å². The van der Waals surface area contributed by atoms with Crippen LogP contribution in [0.15, 0.2) is 24.3 Å². The lowest BCUT2D eigenvalue weighted by molar-refractivity contribution is 0.303. The molecule has 21 heavy (non-hydrogen) atoms. The number of methoxy groups -OCH3 is 1. The van der Waals surface area contributed by atoms with Gasteiger partial charge in [0.15, 0.2) is 0 Å². The van der Waals surface area contributed by atoms with Gasteiger partial charge in [0, 0.05) is 11.8 Å². The standard InChI is InChI=1S/C17H24N2O2/c1-13-17(14(2)19-18-13)10-5-4-6-11-21-16-9-7-8-15(12-16)20-3/h7-9,12H,4-6,10-11H2,1-3H3,(H,18,19). The van der Waals surface area contributed by atoms with Crippen LogP contribution in [0.4, 0.5) is 0 Å². The molecule has 0 amide bonds. The number of aromatic nitrogens is 2. The molecule has 1 aromatic carbocycles. The highest BCUT2D eigenvalue weighted by Crippen LogP contribution is 2.19. The van der Waals surface area contributed by atoms with E-state index in [9.17, 15) is 0 Å². The van der Waals surface area contributed by atoms with Gasteiger partial charge in [-0.25, -0.2) is 0 Å². The zero-order valence-corrected chi connectivity index (χ0v) is 13.1. The first-order valence-corrected chi connectivity index (χ1v) is 7.48. The molecule has 4 nitrogen and oxygen atoms in total. The molecule has 2 rings (SSSR count). The minimum atomic E-state index is 0.747. The van der Waals surface area contributed by atoms with Crippen LogP contribution < -0.4 is 9.47 Å². The monoisotopic (exact) mass is 288 g/mol. The molecular weight excluding hydrogens is 264 g/mol. The molecule has 0 saturated carbocycles. The molecule has 0 unspecified atom stereocenters. The van der Waals surface area contributed by atoms with Gasteiger partial charge in [-0.15, -0.1) is 0 Å². The number of rotatable bonds is 8. The molecule has 0 spiro atoms. The van der Waals surface area contributed by atoms with Crippen molar-refractivity contribution in [2.24, 2.45) is 0 Å². The Morgan fingerprint density at radius 1 is 1.10 bits per heavy atom. The summed E-state index contributed by atoms with van der Waals surface area (Å²) in [5.74, 6) is 1.70. The normalized spacial score (nSPS) is 10.6. The van der Waals surface area contributed by atoms with Crippen molar-refractivity contribution in [1.29, 1.82) is 0 Å². The van der Waals surface area contributed by atoms with Gasteiger partial charge in [-0.2, -0.15) is 5.10 Å². The number of unbranched alkanes of at least 4 members (excludes halogenated alkanes) is 2. The number of hydrogen-bond acceptors (Lipinski definition) is 3. The van der Waals surface area contributed by atoms with Gasteiger partial charge in [-0.3, -0.25) is 5.10 Å². The summed E-state index contributed by atoms with van der Waals surface area (Å²) in [6.45, 7) is 4.89. The minimum Gasteiger partial charge on any atom is -0.497 e. The summed E-state index contributed by atoms with van der Waals surface area (Å²) in [5, 5.41) is 7.26. The van der Waals surface area contributed by atoms with E-state index in [4.69, 9.17) is 9.47 Å². The Labute approximate surface area is 126 Å². The lowest BCUT2D eigenvalue weighted by Crippen LogP contribution is -1.98. The molecule has 0 aliphatic rings. The molecular formula is C17H24N2O2. The lowest BCUT2D eigenvalue weighted by atomic mass is 10.1. The van der Waals surface area contributed by atoms with E-state index in [2.05, 4.69) is 24.0 Å². The first-order chi connectivity index (χ1) is 10.2. The van der Waals surface area contributed by atoms with Crippen LogP contribution in [0, 0.1) is 13.8 Å². The fraction of sp³-hybridized carbons (Fsp3) is 0.471. The maximum absolute atomic E-state index is 5.73. The molecule has 1 aromatic heterocycles. The third-order valence-electron chi connectivity index (χ3n) is 3.66. The second-order valence-corrected chi connectivity index (χ2v) is 5.25. The Morgan fingerprint density at radius 2 is 1.90 bits per heavy atom. The van der Waals surface area contributed by atoms with E-state index in [1.165, 1.54) is 17.7 Å². The quantitative estimate of drug-likeness (QED) is 0.751. The van der Waals surface area contributed by atoms with Crippen molar-refractivity contribution >= 4 is 0 Å². The highest BCUT2D eigenvalue weighted by Gasteiger charge is 2.05. The van der Waals surface area contributed by atoms with Gasteiger partial charge >= 0.3 is 0 Å². The van der Waals surface area contributed by atoms with Gasteiger partial charge < -0.3 is 9.47 Å². The van der Waals surface area contributed by atoms with Crippen molar-refractivity contribution in [3.8, 4) is 11.5 Å². The molecule has 114 valence electrons. The predicted octanol–water partition coefficient (Wildman–Crippen LogP) is 3.83. The summed E-state index contributed by atoms with van der Waals surface area (Å²) >= 11 is 0. The van der Waals surface area contributed by atoms with Crippen molar-refractivity contribution in [2.75, 3.05) is 13.7 Å². The molecule has 0 atom stereocenters. The van der Waals surface area contributed by atoms with Crippen LogP contribution in [0.2, 0.25) is 0 Å². The van der Waals surface area contributed by atoms with Crippen molar-refractivity contribution in [1.82, 2.24) is 10.2 Å². The van der Waals surface area contributed by atoms with Crippen LogP contribution in [0.3, 0.4) is 0 Å². The third kappa shape index (κ3) is 4.52. The number of aromatic amines is 1. The molecule has 0 aliphatic heterocycles. The molecule has 1 N–H and O–H groups in total. The number of aryl methyl sites for hydroxylation is 2. The van der Waals surface area contributed by atoms with E-state index in [0.717, 1.165) is 43.1 Å².